The van der Waals surface area contributed by atoms with E-state index in [1.807, 2.05) is 21.1 Å². The highest BCUT2D eigenvalue weighted by Gasteiger charge is 2.22. The highest BCUT2D eigenvalue weighted by Crippen LogP contribution is 2.18. The van der Waals surface area contributed by atoms with Crippen molar-refractivity contribution in [3.8, 4) is 0 Å². The summed E-state index contributed by atoms with van der Waals surface area (Å²) in [4.78, 5) is 37.5. The Bertz CT molecular complexity index is 2080. The van der Waals surface area contributed by atoms with Gasteiger partial charge in [0, 0.05) is 12.8 Å². The third-order valence-electron chi connectivity index (χ3n) is 16.6. The number of hydrogen-bond donors (Lipinski definition) is 0. The number of quaternary nitrogens is 1. The number of aliphatic carboxylic acids is 1. The Hall–Kier alpha value is -4.83. The largest absolute Gasteiger partial charge is 0.545 e. The third-order valence-corrected chi connectivity index (χ3v) is 16.6. The first kappa shape index (κ1) is 90.2. The van der Waals surface area contributed by atoms with Gasteiger partial charge < -0.3 is 33.3 Å². The van der Waals surface area contributed by atoms with Gasteiger partial charge in [-0.15, -0.1) is 0 Å². The van der Waals surface area contributed by atoms with Gasteiger partial charge in [0.2, 0.25) is 0 Å². The summed E-state index contributed by atoms with van der Waals surface area (Å²) in [5, 5.41) is 11.8. The summed E-state index contributed by atoms with van der Waals surface area (Å²) < 4.78 is 22.8. The van der Waals surface area contributed by atoms with E-state index in [2.05, 4.69) is 160 Å². The van der Waals surface area contributed by atoms with Crippen molar-refractivity contribution in [1.29, 1.82) is 0 Å². The van der Waals surface area contributed by atoms with Crippen LogP contribution in [0.15, 0.2) is 146 Å². The molecule has 2 atom stereocenters. The maximum Gasteiger partial charge on any atom is 0.306 e. The summed E-state index contributed by atoms with van der Waals surface area (Å²) in [6.45, 7) is 4.61. The van der Waals surface area contributed by atoms with Crippen molar-refractivity contribution >= 4 is 17.9 Å². The molecule has 0 saturated carbocycles. The van der Waals surface area contributed by atoms with Crippen LogP contribution in [0.1, 0.15) is 322 Å². The molecule has 0 heterocycles. The summed E-state index contributed by atoms with van der Waals surface area (Å²) in [6.07, 6.45) is 107. The summed E-state index contributed by atoms with van der Waals surface area (Å²) in [6, 6.07) is 0. The predicted molar refractivity (Wildman–Crippen MR) is 407 cm³/mol. The van der Waals surface area contributed by atoms with Gasteiger partial charge in [-0.3, -0.25) is 9.59 Å². The lowest BCUT2D eigenvalue weighted by Crippen LogP contribution is -2.44. The van der Waals surface area contributed by atoms with Crippen LogP contribution in [0, 0.1) is 0 Å². The highest BCUT2D eigenvalue weighted by atomic mass is 16.7. The average Bonchev–Trinajstić information content (AvgIpc) is 2.92. The zero-order chi connectivity index (χ0) is 69.0. The summed E-state index contributed by atoms with van der Waals surface area (Å²) in [5.41, 5.74) is 0. The second kappa shape index (κ2) is 75.0. The van der Waals surface area contributed by atoms with Gasteiger partial charge in [-0.25, -0.2) is 0 Å². The lowest BCUT2D eigenvalue weighted by molar-refractivity contribution is -0.870. The van der Waals surface area contributed by atoms with Gasteiger partial charge in [-0.05, 0) is 103 Å². The van der Waals surface area contributed by atoms with Crippen LogP contribution in [0.5, 0.6) is 0 Å². The van der Waals surface area contributed by atoms with Crippen molar-refractivity contribution < 1.29 is 42.9 Å². The number of allylic oxidation sites excluding steroid dienone is 24. The van der Waals surface area contributed by atoms with Crippen LogP contribution >= 0.6 is 0 Å². The van der Waals surface area contributed by atoms with E-state index < -0.39 is 24.3 Å². The fourth-order valence-corrected chi connectivity index (χ4v) is 10.7. The second-order valence-electron chi connectivity index (χ2n) is 26.9. The number of carboxylic acid groups (broad SMARTS) is 1. The number of hydrogen-bond acceptors (Lipinski definition) is 8. The molecule has 542 valence electrons. The Morgan fingerprint density at radius 1 is 0.326 bits per heavy atom. The van der Waals surface area contributed by atoms with Crippen LogP contribution in [-0.2, 0) is 33.3 Å². The van der Waals surface area contributed by atoms with E-state index in [1.54, 1.807) is 0 Å². The maximum atomic E-state index is 12.9. The molecular weight excluding hydrogens is 1170 g/mol. The number of carbonyl (C=O) groups excluding carboxylic acids is 3. The summed E-state index contributed by atoms with van der Waals surface area (Å²) in [5.74, 6) is -2.34. The van der Waals surface area contributed by atoms with Gasteiger partial charge in [-0.1, -0.05) is 352 Å². The van der Waals surface area contributed by atoms with Crippen molar-refractivity contribution in [3.63, 3.8) is 0 Å². The minimum atomic E-state index is -1.64. The molecule has 0 radical (unpaired) electrons. The molecule has 0 aromatic carbocycles. The van der Waals surface area contributed by atoms with Gasteiger partial charge in [0.1, 0.15) is 13.2 Å². The molecular formula is C86H145NO8. The molecule has 0 aliphatic heterocycles. The molecule has 0 amide bonds. The van der Waals surface area contributed by atoms with E-state index in [-0.39, 0.29) is 38.6 Å². The molecule has 9 heteroatoms. The molecule has 0 N–H and O–H groups in total. The fourth-order valence-electron chi connectivity index (χ4n) is 10.7. The van der Waals surface area contributed by atoms with Crippen molar-refractivity contribution in [2.24, 2.45) is 0 Å². The molecule has 2 unspecified atom stereocenters. The number of carbonyl (C=O) groups is 3. The quantitative estimate of drug-likeness (QED) is 0.0195. The first-order valence-electron chi connectivity index (χ1n) is 39.0. The molecule has 0 aromatic heterocycles. The number of ether oxygens (including phenoxy) is 4. The minimum absolute atomic E-state index is 0.133. The summed E-state index contributed by atoms with van der Waals surface area (Å²) in [7, 11) is 5.91. The minimum Gasteiger partial charge on any atom is -0.545 e. The van der Waals surface area contributed by atoms with Crippen LogP contribution in [-0.4, -0.2) is 82.3 Å². The van der Waals surface area contributed by atoms with Gasteiger partial charge >= 0.3 is 11.9 Å². The molecule has 0 rings (SSSR count). The lowest BCUT2D eigenvalue weighted by atomic mass is 10.0. The van der Waals surface area contributed by atoms with Gasteiger partial charge in [0.05, 0.1) is 40.3 Å². The Balaban J connectivity index is 4.18. The predicted octanol–water partition coefficient (Wildman–Crippen LogP) is 23.7. The number of carboxylic acids is 1. The van der Waals surface area contributed by atoms with Crippen molar-refractivity contribution in [2.75, 3.05) is 47.5 Å². The Morgan fingerprint density at radius 2 is 0.600 bits per heavy atom. The number of rotatable bonds is 71. The summed E-state index contributed by atoms with van der Waals surface area (Å²) >= 11 is 0. The zero-order valence-corrected chi connectivity index (χ0v) is 62.0. The SMILES string of the molecule is CC/C=C\C/C=C\C/C=C\C/C=C\C/C=C\C/C=C\C/C=C\C/C=C\C/C=C\C/C=C\C/C=C\C/C=C\CCCCC(=O)OC(COC(=O)CCCCCCCCCCCCCCCCCCCCCCCCCCCCCCCCC)COC(OCC[N+](C)(C)C)C(=O)[O-]. The monoisotopic (exact) mass is 1320 g/mol. The Labute approximate surface area is 585 Å². The molecule has 0 aromatic rings. The molecule has 0 fully saturated rings. The second-order valence-corrected chi connectivity index (χ2v) is 26.9. The van der Waals surface area contributed by atoms with Crippen LogP contribution in [0.3, 0.4) is 0 Å². The Morgan fingerprint density at radius 3 is 0.895 bits per heavy atom. The van der Waals surface area contributed by atoms with Crippen LogP contribution in [0.2, 0.25) is 0 Å². The van der Waals surface area contributed by atoms with E-state index in [0.29, 0.717) is 17.4 Å². The van der Waals surface area contributed by atoms with E-state index in [1.165, 1.54) is 180 Å². The molecule has 0 aliphatic carbocycles. The normalized spacial score (nSPS) is 13.5. The molecule has 95 heavy (non-hydrogen) atoms. The zero-order valence-electron chi connectivity index (χ0n) is 62.0. The topological polar surface area (TPSA) is 111 Å². The van der Waals surface area contributed by atoms with Crippen LogP contribution in [0.4, 0.5) is 0 Å². The molecule has 0 spiro atoms. The molecule has 0 bridgehead atoms. The van der Waals surface area contributed by atoms with E-state index in [9.17, 15) is 19.5 Å². The maximum absolute atomic E-state index is 12.9. The van der Waals surface area contributed by atoms with Gasteiger partial charge in [0.15, 0.2) is 12.4 Å². The van der Waals surface area contributed by atoms with E-state index >= 15 is 0 Å². The van der Waals surface area contributed by atoms with E-state index in [4.69, 9.17) is 18.9 Å². The number of likely N-dealkylation sites (N-methyl/N-ethyl adjacent to an activating group) is 1. The van der Waals surface area contributed by atoms with Crippen LogP contribution < -0.4 is 5.11 Å². The van der Waals surface area contributed by atoms with Crippen molar-refractivity contribution in [2.45, 2.75) is 334 Å². The van der Waals surface area contributed by atoms with Gasteiger partial charge in [0.25, 0.3) is 0 Å². The number of unbranched alkanes of at least 4 members (excludes halogenated alkanes) is 32. The van der Waals surface area contributed by atoms with Crippen LogP contribution in [0.25, 0.3) is 0 Å². The first-order chi connectivity index (χ1) is 46.6. The Kier molecular flexibility index (Phi) is 71.1. The standard InChI is InChI=1S/C86H145NO8/c1-6-8-10-12-14-16-18-20-22-24-26-28-30-32-34-36-38-39-40-41-42-43-44-45-47-49-51-53-55-57-59-61-63-65-67-69-71-73-75-77-84(89)95-82(81-94-86(85(90)91)92-79-78-87(3,4)5)80-93-83(88)76-74-72-70-68-66-64-62-60-58-56-54-52-50-48-46-37-35-33-31-29-27-25-23-21-19-17-15-13-11-9-7-2/h8,10,14,16,20,22,26,28,32,34,38-39,41-42,44-45,49,51,55,57,61,63,67,69,82,86H,6-7,9,11-13,15,17-19,21,23-25,27,29-31,33,35-37,40,43,46-48,50,52-54,56,58-60,62,64-66,68,70-81H2,1-5H3/b10-8-,16-14-,22-20-,28-26-,34-32-,39-38-,42-41-,45-44-,51-49-,57-55-,63-61-,69-67-. The molecule has 9 nitrogen and oxygen atoms in total. The molecule has 0 aliphatic rings. The first-order valence-corrected chi connectivity index (χ1v) is 39.0. The molecule has 0 saturated heterocycles. The number of esters is 2. The smallest absolute Gasteiger partial charge is 0.306 e. The third kappa shape index (κ3) is 76.4. The van der Waals surface area contributed by atoms with Crippen molar-refractivity contribution in [1.82, 2.24) is 0 Å². The van der Waals surface area contributed by atoms with Gasteiger partial charge in [-0.2, -0.15) is 0 Å². The lowest BCUT2D eigenvalue weighted by Gasteiger charge is -2.26. The fraction of sp³-hybridized carbons (Fsp3) is 0.686. The highest BCUT2D eigenvalue weighted by molar-refractivity contribution is 5.70. The van der Waals surface area contributed by atoms with Crippen molar-refractivity contribution in [3.05, 3.63) is 146 Å². The number of nitrogens with zero attached hydrogens (tertiary/aromatic N) is 1. The average molecular weight is 1320 g/mol. The van der Waals surface area contributed by atoms with E-state index in [0.717, 1.165) is 109 Å².